The lowest BCUT2D eigenvalue weighted by Crippen LogP contribution is -2.46. The standard InChI is InChI=1S/C11H15N3O2/c1-16-10-3-2-4-12-11(10)14-7-5-13(9-15)6-8-14/h2-4,9H,5-8H2,1H3. The first-order valence-corrected chi connectivity index (χ1v) is 5.28. The number of hydrogen-bond acceptors (Lipinski definition) is 4. The summed E-state index contributed by atoms with van der Waals surface area (Å²) in [6, 6.07) is 3.75. The molecule has 1 saturated heterocycles. The van der Waals surface area contributed by atoms with Crippen molar-refractivity contribution >= 4 is 12.2 Å². The number of piperazine rings is 1. The van der Waals surface area contributed by atoms with Crippen molar-refractivity contribution in [2.45, 2.75) is 0 Å². The van der Waals surface area contributed by atoms with Gasteiger partial charge in [0.05, 0.1) is 7.11 Å². The van der Waals surface area contributed by atoms with Crippen molar-refractivity contribution < 1.29 is 9.53 Å². The summed E-state index contributed by atoms with van der Waals surface area (Å²) < 4.78 is 5.26. The van der Waals surface area contributed by atoms with E-state index in [4.69, 9.17) is 4.74 Å². The zero-order valence-electron chi connectivity index (χ0n) is 9.30. The van der Waals surface area contributed by atoms with Crippen molar-refractivity contribution in [1.29, 1.82) is 0 Å². The van der Waals surface area contributed by atoms with E-state index >= 15 is 0 Å². The SMILES string of the molecule is COc1cccnc1N1CCN(C=O)CC1. The van der Waals surface area contributed by atoms with Crippen molar-refractivity contribution in [3.05, 3.63) is 18.3 Å². The van der Waals surface area contributed by atoms with E-state index in [1.54, 1.807) is 18.2 Å². The number of anilines is 1. The van der Waals surface area contributed by atoms with Crippen LogP contribution < -0.4 is 9.64 Å². The van der Waals surface area contributed by atoms with Crippen LogP contribution >= 0.6 is 0 Å². The number of methoxy groups -OCH3 is 1. The largest absolute Gasteiger partial charge is 0.493 e. The summed E-state index contributed by atoms with van der Waals surface area (Å²) in [6.07, 6.45) is 2.65. The third-order valence-electron chi connectivity index (χ3n) is 2.73. The van der Waals surface area contributed by atoms with Gasteiger partial charge in [0, 0.05) is 32.4 Å². The first-order valence-electron chi connectivity index (χ1n) is 5.28. The fourth-order valence-electron chi connectivity index (χ4n) is 1.82. The zero-order valence-corrected chi connectivity index (χ0v) is 9.30. The highest BCUT2D eigenvalue weighted by Crippen LogP contribution is 2.25. The zero-order chi connectivity index (χ0) is 11.4. The summed E-state index contributed by atoms with van der Waals surface area (Å²) in [5.41, 5.74) is 0. The molecule has 0 spiro atoms. The Morgan fingerprint density at radius 1 is 1.38 bits per heavy atom. The Hall–Kier alpha value is -1.78. The smallest absolute Gasteiger partial charge is 0.209 e. The van der Waals surface area contributed by atoms with Gasteiger partial charge in [-0.2, -0.15) is 0 Å². The van der Waals surface area contributed by atoms with Crippen LogP contribution in [0.25, 0.3) is 0 Å². The van der Waals surface area contributed by atoms with Crippen LogP contribution in [0, 0.1) is 0 Å². The summed E-state index contributed by atoms with van der Waals surface area (Å²) in [4.78, 5) is 18.8. The number of nitrogens with zero attached hydrogens (tertiary/aromatic N) is 3. The van der Waals surface area contributed by atoms with Crippen molar-refractivity contribution in [2.24, 2.45) is 0 Å². The number of hydrogen-bond donors (Lipinski definition) is 0. The van der Waals surface area contributed by atoms with Crippen LogP contribution in [0.1, 0.15) is 0 Å². The number of pyridine rings is 1. The van der Waals surface area contributed by atoms with Crippen molar-refractivity contribution in [3.63, 3.8) is 0 Å². The van der Waals surface area contributed by atoms with Gasteiger partial charge in [-0.05, 0) is 12.1 Å². The van der Waals surface area contributed by atoms with Crippen LogP contribution in [0.15, 0.2) is 18.3 Å². The monoisotopic (exact) mass is 221 g/mol. The average Bonchev–Trinajstić information content (AvgIpc) is 2.39. The maximum Gasteiger partial charge on any atom is 0.209 e. The first kappa shape index (κ1) is 10.7. The van der Waals surface area contributed by atoms with E-state index in [1.165, 1.54) is 0 Å². The van der Waals surface area contributed by atoms with Gasteiger partial charge >= 0.3 is 0 Å². The van der Waals surface area contributed by atoms with Crippen molar-refractivity contribution in [2.75, 3.05) is 38.2 Å². The second kappa shape index (κ2) is 4.83. The molecule has 0 N–H and O–H groups in total. The molecule has 0 unspecified atom stereocenters. The molecule has 0 aromatic carbocycles. The molecule has 5 nitrogen and oxygen atoms in total. The van der Waals surface area contributed by atoms with Gasteiger partial charge in [0.2, 0.25) is 6.41 Å². The third-order valence-corrected chi connectivity index (χ3v) is 2.73. The molecule has 1 aromatic heterocycles. The molecule has 0 atom stereocenters. The normalized spacial score (nSPS) is 16.1. The second-order valence-corrected chi connectivity index (χ2v) is 3.66. The van der Waals surface area contributed by atoms with Gasteiger partial charge in [0.25, 0.3) is 0 Å². The molecule has 0 saturated carbocycles. The number of carbonyl (C=O) groups is 1. The van der Waals surface area contributed by atoms with Gasteiger partial charge < -0.3 is 14.5 Å². The van der Waals surface area contributed by atoms with Gasteiger partial charge in [-0.25, -0.2) is 4.98 Å². The summed E-state index contributed by atoms with van der Waals surface area (Å²) in [7, 11) is 1.64. The highest BCUT2D eigenvalue weighted by molar-refractivity contribution is 5.54. The molecule has 1 fully saturated rings. The lowest BCUT2D eigenvalue weighted by Gasteiger charge is -2.33. The molecule has 2 heterocycles. The van der Waals surface area contributed by atoms with Crippen molar-refractivity contribution in [3.8, 4) is 5.75 Å². The molecular weight excluding hydrogens is 206 g/mol. The van der Waals surface area contributed by atoms with E-state index in [0.29, 0.717) is 0 Å². The quantitative estimate of drug-likeness (QED) is 0.692. The Kier molecular flexibility index (Phi) is 3.24. The van der Waals surface area contributed by atoms with Crippen LogP contribution in [0.4, 0.5) is 5.82 Å². The minimum Gasteiger partial charge on any atom is -0.493 e. The number of aromatic nitrogens is 1. The minimum atomic E-state index is 0.739. The van der Waals surface area contributed by atoms with E-state index < -0.39 is 0 Å². The molecule has 1 aliphatic rings. The molecule has 0 radical (unpaired) electrons. The predicted octanol–water partition coefficient (Wildman–Crippen LogP) is 0.369. The fraction of sp³-hybridized carbons (Fsp3) is 0.455. The van der Waals surface area contributed by atoms with E-state index in [2.05, 4.69) is 9.88 Å². The molecule has 5 heteroatoms. The third kappa shape index (κ3) is 2.08. The fourth-order valence-corrected chi connectivity index (χ4v) is 1.82. The molecule has 0 aliphatic carbocycles. The molecule has 2 rings (SSSR count). The summed E-state index contributed by atoms with van der Waals surface area (Å²) >= 11 is 0. The Morgan fingerprint density at radius 2 is 2.12 bits per heavy atom. The lowest BCUT2D eigenvalue weighted by molar-refractivity contribution is -0.118. The summed E-state index contributed by atoms with van der Waals surface area (Å²) in [5.74, 6) is 1.64. The Labute approximate surface area is 94.6 Å². The molecular formula is C11H15N3O2. The highest BCUT2D eigenvalue weighted by Gasteiger charge is 2.19. The van der Waals surface area contributed by atoms with Gasteiger partial charge in [-0.3, -0.25) is 4.79 Å². The molecule has 16 heavy (non-hydrogen) atoms. The van der Waals surface area contributed by atoms with E-state index in [0.717, 1.165) is 44.2 Å². The predicted molar refractivity (Wildman–Crippen MR) is 60.6 cm³/mol. The first-order chi connectivity index (χ1) is 7.85. The minimum absolute atomic E-state index is 0.739. The van der Waals surface area contributed by atoms with Gasteiger partial charge in [0.1, 0.15) is 0 Å². The van der Waals surface area contributed by atoms with Crippen LogP contribution in [0.3, 0.4) is 0 Å². The van der Waals surface area contributed by atoms with Crippen LogP contribution in [0.2, 0.25) is 0 Å². The molecule has 1 aliphatic heterocycles. The Bertz CT molecular complexity index is 362. The highest BCUT2D eigenvalue weighted by atomic mass is 16.5. The molecule has 0 bridgehead atoms. The van der Waals surface area contributed by atoms with Crippen LogP contribution in [-0.2, 0) is 4.79 Å². The maximum absolute atomic E-state index is 10.6. The number of ether oxygens (including phenoxy) is 1. The van der Waals surface area contributed by atoms with Crippen molar-refractivity contribution in [1.82, 2.24) is 9.88 Å². The van der Waals surface area contributed by atoms with E-state index in [1.807, 2.05) is 12.1 Å². The molecule has 1 aromatic rings. The van der Waals surface area contributed by atoms with E-state index in [-0.39, 0.29) is 0 Å². The van der Waals surface area contributed by atoms with Crippen LogP contribution in [0.5, 0.6) is 5.75 Å². The number of carbonyl (C=O) groups excluding carboxylic acids is 1. The lowest BCUT2D eigenvalue weighted by atomic mass is 10.3. The average molecular weight is 221 g/mol. The second-order valence-electron chi connectivity index (χ2n) is 3.66. The maximum atomic E-state index is 10.6. The van der Waals surface area contributed by atoms with Crippen LogP contribution in [-0.4, -0.2) is 49.6 Å². The summed E-state index contributed by atoms with van der Waals surface area (Å²) in [6.45, 7) is 3.07. The number of amides is 1. The Balaban J connectivity index is 2.10. The number of rotatable bonds is 3. The molecule has 1 amide bonds. The van der Waals surface area contributed by atoms with E-state index in [9.17, 15) is 4.79 Å². The Morgan fingerprint density at radius 3 is 2.75 bits per heavy atom. The van der Waals surface area contributed by atoms with Gasteiger partial charge in [-0.15, -0.1) is 0 Å². The van der Waals surface area contributed by atoms with Gasteiger partial charge in [-0.1, -0.05) is 0 Å². The topological polar surface area (TPSA) is 45.7 Å². The molecule has 86 valence electrons. The van der Waals surface area contributed by atoms with Gasteiger partial charge in [0.15, 0.2) is 11.6 Å². The summed E-state index contributed by atoms with van der Waals surface area (Å²) in [5, 5.41) is 0.